The van der Waals surface area contributed by atoms with Gasteiger partial charge in [0.1, 0.15) is 5.78 Å². The van der Waals surface area contributed by atoms with Gasteiger partial charge in [0.05, 0.1) is 13.2 Å². The Labute approximate surface area is 94.5 Å². The summed E-state index contributed by atoms with van der Waals surface area (Å²) in [5, 5.41) is 0. The van der Waals surface area contributed by atoms with Crippen LogP contribution in [0.15, 0.2) is 0 Å². The highest BCUT2D eigenvalue weighted by Gasteiger charge is 2.75. The summed E-state index contributed by atoms with van der Waals surface area (Å²) in [6.07, 6.45) is 3.22. The molecule has 1 heterocycles. The maximum atomic E-state index is 12.1. The lowest BCUT2D eigenvalue weighted by Gasteiger charge is -2.32. The van der Waals surface area contributed by atoms with Crippen molar-refractivity contribution < 1.29 is 14.3 Å². The monoisotopic (exact) mass is 220 g/mol. The van der Waals surface area contributed by atoms with Gasteiger partial charge in [-0.15, -0.1) is 0 Å². The first-order valence-corrected chi connectivity index (χ1v) is 6.61. The van der Waals surface area contributed by atoms with E-state index < -0.39 is 0 Å². The molecule has 4 aliphatic carbocycles. The third kappa shape index (κ3) is 0.697. The summed E-state index contributed by atoms with van der Waals surface area (Å²) in [4.78, 5) is 12.1. The third-order valence-corrected chi connectivity index (χ3v) is 6.12. The van der Waals surface area contributed by atoms with E-state index in [0.717, 1.165) is 37.9 Å². The number of rotatable bonds is 0. The molecule has 6 atom stereocenters. The first kappa shape index (κ1) is 8.65. The summed E-state index contributed by atoms with van der Waals surface area (Å²) in [6.45, 7) is 1.46. The predicted octanol–water partition coefficient (Wildman–Crippen LogP) is 1.22. The van der Waals surface area contributed by atoms with Gasteiger partial charge >= 0.3 is 0 Å². The lowest BCUT2D eigenvalue weighted by molar-refractivity contribution is -0.193. The molecule has 3 nitrogen and oxygen atoms in total. The Hall–Kier alpha value is -0.410. The van der Waals surface area contributed by atoms with Crippen LogP contribution in [0.5, 0.6) is 0 Å². The molecule has 0 aromatic carbocycles. The molecule has 1 saturated heterocycles. The van der Waals surface area contributed by atoms with E-state index >= 15 is 0 Å². The van der Waals surface area contributed by atoms with Crippen molar-refractivity contribution in [2.75, 3.05) is 13.2 Å². The summed E-state index contributed by atoms with van der Waals surface area (Å²) in [6, 6.07) is 0. The molecule has 5 rings (SSSR count). The van der Waals surface area contributed by atoms with Gasteiger partial charge in [-0.3, -0.25) is 4.79 Å². The van der Waals surface area contributed by atoms with Crippen molar-refractivity contribution >= 4 is 5.78 Å². The van der Waals surface area contributed by atoms with Crippen LogP contribution in [-0.2, 0) is 14.3 Å². The second-order valence-corrected chi connectivity index (χ2v) is 6.33. The number of hydrogen-bond acceptors (Lipinski definition) is 3. The highest BCUT2D eigenvalue weighted by molar-refractivity contribution is 5.86. The van der Waals surface area contributed by atoms with Crippen LogP contribution in [-0.4, -0.2) is 24.8 Å². The van der Waals surface area contributed by atoms with Gasteiger partial charge < -0.3 is 9.47 Å². The standard InChI is InChI=1S/C13H16O3/c14-10-4-6-7-3-8-9(6)5-13(12(8)11(7)10)15-1-2-16-13/h6-9,11-12H,1-5H2. The fraction of sp³-hybridized carbons (Fsp3) is 0.923. The molecule has 2 bridgehead atoms. The maximum absolute atomic E-state index is 12.1. The molecule has 5 fully saturated rings. The molecule has 0 N–H and O–H groups in total. The molecule has 3 heteroatoms. The van der Waals surface area contributed by atoms with Crippen molar-refractivity contribution in [3.8, 4) is 0 Å². The summed E-state index contributed by atoms with van der Waals surface area (Å²) < 4.78 is 11.9. The molecule has 0 radical (unpaired) electrons. The van der Waals surface area contributed by atoms with E-state index in [9.17, 15) is 4.79 Å². The summed E-state index contributed by atoms with van der Waals surface area (Å²) in [5.41, 5.74) is 0. The van der Waals surface area contributed by atoms with E-state index in [1.165, 1.54) is 6.42 Å². The maximum Gasteiger partial charge on any atom is 0.172 e. The molecule has 86 valence electrons. The van der Waals surface area contributed by atoms with E-state index in [-0.39, 0.29) is 5.79 Å². The van der Waals surface area contributed by atoms with Crippen LogP contribution < -0.4 is 0 Å². The minimum absolute atomic E-state index is 0.298. The molecule has 5 aliphatic rings. The van der Waals surface area contributed by atoms with Crippen molar-refractivity contribution in [2.24, 2.45) is 35.5 Å². The second kappa shape index (κ2) is 2.39. The molecule has 1 aliphatic heterocycles. The Morgan fingerprint density at radius 3 is 2.69 bits per heavy atom. The van der Waals surface area contributed by atoms with Gasteiger partial charge in [-0.2, -0.15) is 0 Å². The zero-order chi connectivity index (χ0) is 10.5. The highest BCUT2D eigenvalue weighted by atomic mass is 16.7. The van der Waals surface area contributed by atoms with Crippen molar-refractivity contribution in [2.45, 2.75) is 25.0 Å². The molecular formula is C13H16O3. The van der Waals surface area contributed by atoms with Crippen molar-refractivity contribution in [3.05, 3.63) is 0 Å². The molecular weight excluding hydrogens is 204 g/mol. The fourth-order valence-electron chi connectivity index (χ4n) is 5.92. The van der Waals surface area contributed by atoms with Crippen molar-refractivity contribution in [1.29, 1.82) is 0 Å². The molecule has 0 aromatic rings. The lowest BCUT2D eigenvalue weighted by Crippen LogP contribution is -2.40. The Morgan fingerprint density at radius 2 is 1.88 bits per heavy atom. The number of ketones is 1. The number of Topliss-reactive ketones (excluding diaryl/α,β-unsaturated/α-hetero) is 1. The minimum atomic E-state index is -0.334. The van der Waals surface area contributed by atoms with Crippen LogP contribution in [0.3, 0.4) is 0 Å². The Morgan fingerprint density at radius 1 is 1.06 bits per heavy atom. The van der Waals surface area contributed by atoms with E-state index in [1.807, 2.05) is 0 Å². The predicted molar refractivity (Wildman–Crippen MR) is 54.4 cm³/mol. The van der Waals surface area contributed by atoms with Gasteiger partial charge in [-0.25, -0.2) is 0 Å². The SMILES string of the molecule is O=C1CC2C3CC4(OCCO4)C4C3CC2C14. The first-order valence-electron chi connectivity index (χ1n) is 6.61. The van der Waals surface area contributed by atoms with Crippen LogP contribution in [0.1, 0.15) is 19.3 Å². The zero-order valence-electron chi connectivity index (χ0n) is 9.22. The fourth-order valence-corrected chi connectivity index (χ4v) is 5.92. The summed E-state index contributed by atoms with van der Waals surface area (Å²) in [5.74, 6) is 3.75. The van der Waals surface area contributed by atoms with Crippen LogP contribution in [0.4, 0.5) is 0 Å². The van der Waals surface area contributed by atoms with Crippen molar-refractivity contribution in [1.82, 2.24) is 0 Å². The third-order valence-electron chi connectivity index (χ3n) is 6.12. The van der Waals surface area contributed by atoms with Gasteiger partial charge in [0, 0.05) is 24.7 Å². The topological polar surface area (TPSA) is 35.5 Å². The van der Waals surface area contributed by atoms with Crippen LogP contribution in [0.25, 0.3) is 0 Å². The van der Waals surface area contributed by atoms with Crippen LogP contribution in [0.2, 0.25) is 0 Å². The molecule has 0 amide bonds. The number of carbonyl (C=O) groups excluding carboxylic acids is 1. The van der Waals surface area contributed by atoms with E-state index in [4.69, 9.17) is 9.47 Å². The minimum Gasteiger partial charge on any atom is -0.347 e. The van der Waals surface area contributed by atoms with E-state index in [1.54, 1.807) is 0 Å². The molecule has 0 aromatic heterocycles. The molecule has 4 saturated carbocycles. The quantitative estimate of drug-likeness (QED) is 0.615. The zero-order valence-corrected chi connectivity index (χ0v) is 9.22. The highest BCUT2D eigenvalue weighted by Crippen LogP contribution is 2.73. The summed E-state index contributed by atoms with van der Waals surface area (Å²) in [7, 11) is 0. The van der Waals surface area contributed by atoms with Gasteiger partial charge in [0.15, 0.2) is 5.79 Å². The average molecular weight is 220 g/mol. The lowest BCUT2D eigenvalue weighted by atomic mass is 9.79. The Balaban J connectivity index is 1.68. The van der Waals surface area contributed by atoms with Crippen molar-refractivity contribution in [3.63, 3.8) is 0 Å². The van der Waals surface area contributed by atoms with Gasteiger partial charge in [-0.05, 0) is 30.1 Å². The second-order valence-electron chi connectivity index (χ2n) is 6.33. The number of hydrogen-bond donors (Lipinski definition) is 0. The van der Waals surface area contributed by atoms with Crippen LogP contribution >= 0.6 is 0 Å². The number of fused-ring (bicyclic) bond motifs is 3. The normalized spacial score (nSPS) is 59.4. The van der Waals surface area contributed by atoms with Gasteiger partial charge in [0.2, 0.25) is 0 Å². The van der Waals surface area contributed by atoms with E-state index in [2.05, 4.69) is 0 Å². The number of ether oxygens (including phenoxy) is 2. The molecule has 16 heavy (non-hydrogen) atoms. The Bertz CT molecular complexity index is 385. The smallest absolute Gasteiger partial charge is 0.172 e. The van der Waals surface area contributed by atoms with Gasteiger partial charge in [-0.1, -0.05) is 0 Å². The summed E-state index contributed by atoms with van der Waals surface area (Å²) >= 11 is 0. The largest absolute Gasteiger partial charge is 0.347 e. The van der Waals surface area contributed by atoms with Crippen LogP contribution in [0, 0.1) is 35.5 Å². The van der Waals surface area contributed by atoms with E-state index in [0.29, 0.717) is 29.5 Å². The Kier molecular flexibility index (Phi) is 1.29. The number of carbonyl (C=O) groups is 1. The molecule has 6 unspecified atom stereocenters. The first-order chi connectivity index (χ1) is 7.80. The average Bonchev–Trinajstić information content (AvgIpc) is 2.94. The molecule has 1 spiro atoms. The van der Waals surface area contributed by atoms with Gasteiger partial charge in [0.25, 0.3) is 0 Å².